The van der Waals surface area contributed by atoms with E-state index in [2.05, 4.69) is 64.8 Å². The number of aryl methyl sites for hydroxylation is 1. The summed E-state index contributed by atoms with van der Waals surface area (Å²) in [5.41, 5.74) is 1.97. The minimum Gasteiger partial charge on any atom is -0.469 e. The van der Waals surface area contributed by atoms with Crippen LogP contribution in [0.3, 0.4) is 0 Å². The summed E-state index contributed by atoms with van der Waals surface area (Å²) in [6.07, 6.45) is 7.94. The highest BCUT2D eigenvalue weighted by molar-refractivity contribution is 5.77. The van der Waals surface area contributed by atoms with Crippen LogP contribution in [-0.4, -0.2) is 77.7 Å². The predicted molar refractivity (Wildman–Crippen MR) is 126 cm³/mol. The van der Waals surface area contributed by atoms with Gasteiger partial charge in [-0.2, -0.15) is 0 Å². The summed E-state index contributed by atoms with van der Waals surface area (Å²) in [4.78, 5) is 27.4. The molecule has 0 aliphatic rings. The topological polar surface area (TPSA) is 66.7 Å². The maximum atomic E-state index is 11.9. The highest BCUT2D eigenvalue weighted by Crippen LogP contribution is 2.20. The van der Waals surface area contributed by atoms with Gasteiger partial charge in [0.25, 0.3) is 0 Å². The first-order valence-electron chi connectivity index (χ1n) is 10.9. The predicted octanol–water partition coefficient (Wildman–Crippen LogP) is 3.11. The lowest BCUT2D eigenvalue weighted by Gasteiger charge is -2.36. The molecule has 172 valence electrons. The summed E-state index contributed by atoms with van der Waals surface area (Å²) in [7, 11) is 9.63. The van der Waals surface area contributed by atoms with Gasteiger partial charge in [0.05, 0.1) is 36.9 Å². The first-order valence-corrected chi connectivity index (χ1v) is 10.9. The molecule has 2 aromatic heterocycles. The minimum absolute atomic E-state index is 0.186. The van der Waals surface area contributed by atoms with Crippen molar-refractivity contribution in [2.45, 2.75) is 39.7 Å². The van der Waals surface area contributed by atoms with E-state index in [0.29, 0.717) is 6.54 Å². The van der Waals surface area contributed by atoms with Crippen LogP contribution in [0.1, 0.15) is 33.6 Å². The normalized spacial score (nSPS) is 13.7. The van der Waals surface area contributed by atoms with Crippen molar-refractivity contribution in [3.05, 3.63) is 30.5 Å². The molecule has 2 aromatic rings. The fourth-order valence-electron chi connectivity index (χ4n) is 3.71. The minimum atomic E-state index is -0.191. The van der Waals surface area contributed by atoms with E-state index in [0.717, 1.165) is 42.1 Å². The summed E-state index contributed by atoms with van der Waals surface area (Å²) in [5, 5.41) is 0. The average molecular weight is 431 g/mol. The van der Waals surface area contributed by atoms with Crippen molar-refractivity contribution < 1.29 is 9.53 Å². The van der Waals surface area contributed by atoms with Gasteiger partial charge in [0, 0.05) is 53.4 Å². The Hall–Kier alpha value is -2.77. The lowest BCUT2D eigenvalue weighted by atomic mass is 10.1. The molecule has 8 nitrogen and oxygen atoms in total. The monoisotopic (exact) mass is 430 g/mol. The van der Waals surface area contributed by atoms with E-state index >= 15 is 0 Å². The Labute approximate surface area is 186 Å². The number of ether oxygens (including phenoxy) is 1. The van der Waals surface area contributed by atoms with Gasteiger partial charge in [-0.15, -0.1) is 0 Å². The lowest BCUT2D eigenvalue weighted by Crippen LogP contribution is -2.42. The molecule has 0 N–H and O–H groups in total. The van der Waals surface area contributed by atoms with Gasteiger partial charge in [-0.3, -0.25) is 4.79 Å². The number of imidazole rings is 1. The van der Waals surface area contributed by atoms with Gasteiger partial charge in [-0.1, -0.05) is 20.3 Å². The smallest absolute Gasteiger partial charge is 0.310 e. The molecular formula is C23H38N6O2. The molecule has 0 aliphatic heterocycles. The number of hydrogen-bond acceptors (Lipinski definition) is 7. The second-order valence-corrected chi connectivity index (χ2v) is 8.38. The summed E-state index contributed by atoms with van der Waals surface area (Å²) < 4.78 is 6.90. The third-order valence-corrected chi connectivity index (χ3v) is 5.71. The number of likely N-dealkylation sites (N-methyl/N-ethyl adjacent to an activating group) is 2. The molecule has 0 fully saturated rings. The summed E-state index contributed by atoms with van der Waals surface area (Å²) in [6.45, 7) is 7.68. The number of esters is 1. The number of rotatable bonds is 11. The van der Waals surface area contributed by atoms with E-state index in [4.69, 9.17) is 4.74 Å². The van der Waals surface area contributed by atoms with Gasteiger partial charge in [-0.25, -0.2) is 9.97 Å². The van der Waals surface area contributed by atoms with Gasteiger partial charge in [0.15, 0.2) is 0 Å². The lowest BCUT2D eigenvalue weighted by molar-refractivity contribution is -0.145. The number of hydrogen-bond donors (Lipinski definition) is 0. The number of anilines is 1. The van der Waals surface area contributed by atoms with Crippen LogP contribution in [0.4, 0.5) is 5.82 Å². The molecule has 0 aromatic carbocycles. The SMILES string of the molecule is CCCC=C(N(C)CC(C)C(=O)OC)N(C)CC(C)N(C)c1cc2c(cn1)ncn2C. The van der Waals surface area contributed by atoms with Crippen LogP contribution in [0.25, 0.3) is 11.0 Å². The van der Waals surface area contributed by atoms with Crippen LogP contribution < -0.4 is 4.90 Å². The summed E-state index contributed by atoms with van der Waals surface area (Å²) in [5.74, 6) is 1.66. The van der Waals surface area contributed by atoms with Crippen molar-refractivity contribution in [1.82, 2.24) is 24.3 Å². The molecule has 2 rings (SSSR count). The molecule has 2 unspecified atom stereocenters. The molecule has 31 heavy (non-hydrogen) atoms. The van der Waals surface area contributed by atoms with Crippen molar-refractivity contribution in [1.29, 1.82) is 0 Å². The first-order chi connectivity index (χ1) is 14.7. The Morgan fingerprint density at radius 3 is 2.52 bits per heavy atom. The molecule has 2 atom stereocenters. The molecule has 0 bridgehead atoms. The molecule has 2 heterocycles. The van der Waals surface area contributed by atoms with E-state index in [9.17, 15) is 4.79 Å². The Morgan fingerprint density at radius 2 is 1.87 bits per heavy atom. The maximum Gasteiger partial charge on any atom is 0.310 e. The zero-order chi connectivity index (χ0) is 23.1. The van der Waals surface area contributed by atoms with Gasteiger partial charge in [0.2, 0.25) is 0 Å². The number of fused-ring (bicyclic) bond motifs is 1. The number of aromatic nitrogens is 3. The molecule has 8 heteroatoms. The number of pyridine rings is 1. The van der Waals surface area contributed by atoms with Gasteiger partial charge >= 0.3 is 5.97 Å². The standard InChI is InChI=1S/C23H38N6O2/c1-9-10-11-22(26(4)14-17(2)23(30)31-8)27(5)15-18(3)29(7)21-12-20-19(13-24-21)25-16-28(20)6/h11-13,16-18H,9-10,14-15H2,1-8H3. The Balaban J connectivity index is 2.12. The van der Waals surface area contributed by atoms with Gasteiger partial charge in [0.1, 0.15) is 11.3 Å². The van der Waals surface area contributed by atoms with E-state index in [-0.39, 0.29) is 17.9 Å². The average Bonchev–Trinajstić information content (AvgIpc) is 3.12. The van der Waals surface area contributed by atoms with Crippen molar-refractivity contribution in [3.63, 3.8) is 0 Å². The van der Waals surface area contributed by atoms with E-state index in [1.807, 2.05) is 38.1 Å². The fraction of sp³-hybridized carbons (Fsp3) is 0.609. The van der Waals surface area contributed by atoms with Crippen LogP contribution in [0, 0.1) is 5.92 Å². The molecular weight excluding hydrogens is 392 g/mol. The second kappa shape index (κ2) is 11.0. The Morgan fingerprint density at radius 1 is 1.19 bits per heavy atom. The van der Waals surface area contributed by atoms with E-state index < -0.39 is 0 Å². The number of unbranched alkanes of at least 4 members (excludes halogenated alkanes) is 1. The van der Waals surface area contributed by atoms with Crippen LogP contribution >= 0.6 is 0 Å². The van der Waals surface area contributed by atoms with Gasteiger partial charge < -0.3 is 24.0 Å². The quantitative estimate of drug-likeness (QED) is 0.508. The first kappa shape index (κ1) is 24.5. The second-order valence-electron chi connectivity index (χ2n) is 8.38. The number of carbonyl (C=O) groups is 1. The zero-order valence-electron chi connectivity index (χ0n) is 20.3. The van der Waals surface area contributed by atoms with E-state index in [1.165, 1.54) is 7.11 Å². The highest BCUT2D eigenvalue weighted by atomic mass is 16.5. The fourth-order valence-corrected chi connectivity index (χ4v) is 3.71. The van der Waals surface area contributed by atoms with Crippen LogP contribution in [-0.2, 0) is 16.6 Å². The maximum absolute atomic E-state index is 11.9. The molecule has 0 aliphatic carbocycles. The molecule has 0 amide bonds. The number of allylic oxidation sites excluding steroid dienone is 1. The molecule has 0 spiro atoms. The van der Waals surface area contributed by atoms with Crippen molar-refractivity contribution >= 4 is 22.8 Å². The summed E-state index contributed by atoms with van der Waals surface area (Å²) >= 11 is 0. The van der Waals surface area contributed by atoms with Crippen LogP contribution in [0.2, 0.25) is 0 Å². The van der Waals surface area contributed by atoms with Crippen LogP contribution in [0.15, 0.2) is 30.5 Å². The molecule has 0 radical (unpaired) electrons. The highest BCUT2D eigenvalue weighted by Gasteiger charge is 2.21. The third-order valence-electron chi connectivity index (χ3n) is 5.71. The third kappa shape index (κ3) is 6.12. The summed E-state index contributed by atoms with van der Waals surface area (Å²) in [6, 6.07) is 2.30. The van der Waals surface area contributed by atoms with Crippen molar-refractivity contribution in [3.8, 4) is 0 Å². The van der Waals surface area contributed by atoms with Crippen LogP contribution in [0.5, 0.6) is 0 Å². The van der Waals surface area contributed by atoms with Gasteiger partial charge in [-0.05, 0) is 19.4 Å². The Bertz CT molecular complexity index is 893. The largest absolute Gasteiger partial charge is 0.469 e. The number of methoxy groups -OCH3 is 1. The number of nitrogens with zero attached hydrogens (tertiary/aromatic N) is 6. The van der Waals surface area contributed by atoms with Crippen molar-refractivity contribution in [2.24, 2.45) is 13.0 Å². The Kier molecular flexibility index (Phi) is 8.71. The molecule has 0 saturated heterocycles. The van der Waals surface area contributed by atoms with Crippen molar-refractivity contribution in [2.75, 3.05) is 46.2 Å². The molecule has 0 saturated carbocycles. The number of carbonyl (C=O) groups excluding carboxylic acids is 1. The van der Waals surface area contributed by atoms with E-state index in [1.54, 1.807) is 0 Å². The zero-order valence-corrected chi connectivity index (χ0v) is 20.3.